The second-order valence-corrected chi connectivity index (χ2v) is 8.36. The first-order chi connectivity index (χ1) is 11.9. The number of hydrogen-bond donors (Lipinski definition) is 2. The van der Waals surface area contributed by atoms with Gasteiger partial charge >= 0.3 is 0 Å². The fourth-order valence-electron chi connectivity index (χ4n) is 2.87. The number of sulfonamides is 1. The van der Waals surface area contributed by atoms with Crippen LogP contribution in [0.15, 0.2) is 53.4 Å². The van der Waals surface area contributed by atoms with Gasteiger partial charge in [0.25, 0.3) is 0 Å². The summed E-state index contributed by atoms with van der Waals surface area (Å²) in [6.07, 6.45) is 1.75. The van der Waals surface area contributed by atoms with Crippen LogP contribution in [0.2, 0.25) is 5.02 Å². The highest BCUT2D eigenvalue weighted by molar-refractivity contribution is 7.89. The van der Waals surface area contributed by atoms with Crippen molar-refractivity contribution in [3.63, 3.8) is 0 Å². The summed E-state index contributed by atoms with van der Waals surface area (Å²) in [4.78, 5) is 0.0320. The number of rotatable bonds is 7. The summed E-state index contributed by atoms with van der Waals surface area (Å²) in [6, 6.07) is 13.4. The van der Waals surface area contributed by atoms with Crippen LogP contribution in [-0.2, 0) is 15.6 Å². The predicted molar refractivity (Wildman–Crippen MR) is 96.3 cm³/mol. The fourth-order valence-corrected chi connectivity index (χ4v) is 4.29. The Hall–Kier alpha value is -1.60. The van der Waals surface area contributed by atoms with Crippen molar-refractivity contribution in [1.82, 2.24) is 4.72 Å². The first kappa shape index (κ1) is 18.2. The van der Waals surface area contributed by atoms with E-state index in [-0.39, 0.29) is 22.4 Å². The molecule has 1 unspecified atom stereocenters. The van der Waals surface area contributed by atoms with E-state index >= 15 is 0 Å². The highest BCUT2D eigenvalue weighted by atomic mass is 35.5. The molecule has 2 aromatic rings. The molecule has 25 heavy (non-hydrogen) atoms. The van der Waals surface area contributed by atoms with Crippen molar-refractivity contribution in [3.8, 4) is 5.75 Å². The van der Waals surface area contributed by atoms with Gasteiger partial charge in [0.05, 0.1) is 17.0 Å². The maximum Gasteiger partial charge on any atom is 0.240 e. The van der Waals surface area contributed by atoms with Gasteiger partial charge in [0.15, 0.2) is 0 Å². The summed E-state index contributed by atoms with van der Waals surface area (Å²) in [6.45, 7) is -0.0896. The minimum atomic E-state index is -3.80. The quantitative estimate of drug-likeness (QED) is 0.773. The summed E-state index contributed by atoms with van der Waals surface area (Å²) in [5.74, 6) is 0.455. The molecule has 0 heterocycles. The zero-order chi connectivity index (χ0) is 18.1. The van der Waals surface area contributed by atoms with Crippen molar-refractivity contribution in [2.45, 2.75) is 23.3 Å². The number of hydrogen-bond acceptors (Lipinski definition) is 4. The number of ether oxygens (including phenoxy) is 1. The standard InChI is InChI=1S/C18H20ClNO4S/c1-24-17-10-9-15(11-16(17)19)25(22,23)20-12-18(21,14-7-8-14)13-5-3-2-4-6-13/h2-6,9-11,14,20-21H,7-8,12H2,1H3. The van der Waals surface area contributed by atoms with Crippen molar-refractivity contribution < 1.29 is 18.3 Å². The molecule has 0 amide bonds. The molecule has 1 aliphatic rings. The second-order valence-electron chi connectivity index (χ2n) is 6.19. The molecule has 0 bridgehead atoms. The molecule has 134 valence electrons. The maximum atomic E-state index is 12.6. The van der Waals surface area contributed by atoms with Crippen LogP contribution in [0.25, 0.3) is 0 Å². The Labute approximate surface area is 152 Å². The van der Waals surface area contributed by atoms with E-state index in [9.17, 15) is 13.5 Å². The Morgan fingerprint density at radius 2 is 1.92 bits per heavy atom. The van der Waals surface area contributed by atoms with E-state index in [2.05, 4.69) is 4.72 Å². The van der Waals surface area contributed by atoms with Gasteiger partial charge in [-0.2, -0.15) is 0 Å². The minimum absolute atomic E-state index is 0.0320. The van der Waals surface area contributed by atoms with Crippen molar-refractivity contribution in [1.29, 1.82) is 0 Å². The van der Waals surface area contributed by atoms with Gasteiger partial charge in [0.2, 0.25) is 10.0 Å². The van der Waals surface area contributed by atoms with E-state index in [0.29, 0.717) is 11.3 Å². The molecule has 1 aliphatic carbocycles. The average Bonchev–Trinajstić information content (AvgIpc) is 3.46. The van der Waals surface area contributed by atoms with E-state index < -0.39 is 15.6 Å². The zero-order valence-corrected chi connectivity index (χ0v) is 15.3. The highest BCUT2D eigenvalue weighted by Gasteiger charge is 2.45. The van der Waals surface area contributed by atoms with Gasteiger partial charge in [0, 0.05) is 6.54 Å². The van der Waals surface area contributed by atoms with E-state index in [1.165, 1.54) is 25.3 Å². The van der Waals surface area contributed by atoms with Crippen LogP contribution >= 0.6 is 11.6 Å². The van der Waals surface area contributed by atoms with Crippen molar-refractivity contribution in [2.24, 2.45) is 5.92 Å². The molecular formula is C18H20ClNO4S. The van der Waals surface area contributed by atoms with Gasteiger partial charge in [-0.05, 0) is 42.5 Å². The van der Waals surface area contributed by atoms with Crippen LogP contribution in [0.1, 0.15) is 18.4 Å². The zero-order valence-electron chi connectivity index (χ0n) is 13.8. The predicted octanol–water partition coefficient (Wildman–Crippen LogP) is 2.92. The molecule has 3 rings (SSSR count). The Balaban J connectivity index is 1.82. The van der Waals surface area contributed by atoms with Crippen LogP contribution in [0.4, 0.5) is 0 Å². The van der Waals surface area contributed by atoms with E-state index in [4.69, 9.17) is 16.3 Å². The van der Waals surface area contributed by atoms with Gasteiger partial charge in [-0.3, -0.25) is 0 Å². The number of halogens is 1. The smallest absolute Gasteiger partial charge is 0.240 e. The molecule has 7 heteroatoms. The first-order valence-electron chi connectivity index (χ1n) is 7.98. The lowest BCUT2D eigenvalue weighted by atomic mass is 9.89. The van der Waals surface area contributed by atoms with Gasteiger partial charge < -0.3 is 9.84 Å². The Morgan fingerprint density at radius 1 is 1.24 bits per heavy atom. The Morgan fingerprint density at radius 3 is 2.48 bits per heavy atom. The second kappa shape index (κ2) is 6.96. The molecule has 1 atom stereocenters. The summed E-state index contributed by atoms with van der Waals surface area (Å²) in [7, 11) is -2.34. The first-order valence-corrected chi connectivity index (χ1v) is 9.84. The molecule has 2 aromatic carbocycles. The van der Waals surface area contributed by atoms with Gasteiger partial charge in [-0.25, -0.2) is 13.1 Å². The Bertz CT molecular complexity index is 853. The highest BCUT2D eigenvalue weighted by Crippen LogP contribution is 2.45. The average molecular weight is 382 g/mol. The third-order valence-electron chi connectivity index (χ3n) is 4.49. The molecule has 2 N–H and O–H groups in total. The molecule has 0 aromatic heterocycles. The summed E-state index contributed by atoms with van der Waals surface area (Å²) < 4.78 is 32.7. The van der Waals surface area contributed by atoms with Gasteiger partial charge in [0.1, 0.15) is 11.4 Å². The normalized spacial score (nSPS) is 17.1. The van der Waals surface area contributed by atoms with Crippen LogP contribution in [-0.4, -0.2) is 27.2 Å². The topological polar surface area (TPSA) is 75.6 Å². The third-order valence-corrected chi connectivity index (χ3v) is 6.19. The number of benzene rings is 2. The summed E-state index contributed by atoms with van der Waals surface area (Å²) in [5, 5.41) is 11.3. The number of methoxy groups -OCH3 is 1. The lowest BCUT2D eigenvalue weighted by molar-refractivity contribution is 0.0185. The molecule has 0 saturated heterocycles. The number of aliphatic hydroxyl groups is 1. The molecular weight excluding hydrogens is 362 g/mol. The number of nitrogens with one attached hydrogen (secondary N) is 1. The van der Waals surface area contributed by atoms with Gasteiger partial charge in [-0.15, -0.1) is 0 Å². The van der Waals surface area contributed by atoms with E-state index in [1.54, 1.807) is 0 Å². The molecule has 1 saturated carbocycles. The molecule has 5 nitrogen and oxygen atoms in total. The van der Waals surface area contributed by atoms with Crippen LogP contribution in [0, 0.1) is 5.92 Å². The SMILES string of the molecule is COc1ccc(S(=O)(=O)NCC(O)(c2ccccc2)C2CC2)cc1Cl. The van der Waals surface area contributed by atoms with Gasteiger partial charge in [-0.1, -0.05) is 41.9 Å². The van der Waals surface area contributed by atoms with Crippen LogP contribution in [0.5, 0.6) is 5.75 Å². The molecule has 0 aliphatic heterocycles. The van der Waals surface area contributed by atoms with Crippen molar-refractivity contribution in [3.05, 3.63) is 59.1 Å². The van der Waals surface area contributed by atoms with Crippen molar-refractivity contribution >= 4 is 21.6 Å². The third kappa shape index (κ3) is 3.82. The van der Waals surface area contributed by atoms with E-state index in [1.807, 2.05) is 30.3 Å². The Kier molecular flexibility index (Phi) is 5.06. The minimum Gasteiger partial charge on any atom is -0.495 e. The van der Waals surface area contributed by atoms with E-state index in [0.717, 1.165) is 12.8 Å². The van der Waals surface area contributed by atoms with Crippen molar-refractivity contribution in [2.75, 3.05) is 13.7 Å². The monoisotopic (exact) mass is 381 g/mol. The lowest BCUT2D eigenvalue weighted by Crippen LogP contribution is -2.42. The largest absolute Gasteiger partial charge is 0.495 e. The molecule has 1 fully saturated rings. The summed E-state index contributed by atoms with van der Waals surface area (Å²) >= 11 is 6.02. The van der Waals surface area contributed by atoms with Crippen LogP contribution in [0.3, 0.4) is 0 Å². The summed E-state index contributed by atoms with van der Waals surface area (Å²) in [5.41, 5.74) is -0.502. The van der Waals surface area contributed by atoms with Crippen LogP contribution < -0.4 is 9.46 Å². The fraction of sp³-hybridized carbons (Fsp3) is 0.333. The molecule has 0 radical (unpaired) electrons. The lowest BCUT2D eigenvalue weighted by Gasteiger charge is -2.29. The molecule has 0 spiro atoms. The maximum absolute atomic E-state index is 12.6.